The van der Waals surface area contributed by atoms with Crippen molar-refractivity contribution in [2.24, 2.45) is 0 Å². The van der Waals surface area contributed by atoms with Gasteiger partial charge in [-0.3, -0.25) is 0 Å². The quantitative estimate of drug-likeness (QED) is 0.139. The Morgan fingerprint density at radius 2 is 0.521 bits per heavy atom. The van der Waals surface area contributed by atoms with Crippen molar-refractivity contribution in [2.75, 3.05) is 20.0 Å². The van der Waals surface area contributed by atoms with E-state index in [9.17, 15) is 0 Å². The fourth-order valence-electron chi connectivity index (χ4n) is 21.2. The summed E-state index contributed by atoms with van der Waals surface area (Å²) < 4.78 is 51.3. The van der Waals surface area contributed by atoms with Crippen molar-refractivity contribution in [1.29, 1.82) is 0 Å². The summed E-state index contributed by atoms with van der Waals surface area (Å²) in [6.07, 6.45) is 13.8. The molecule has 0 atom stereocenters. The van der Waals surface area contributed by atoms with Crippen LogP contribution in [0.1, 0.15) is 352 Å². The minimum atomic E-state index is -2.35. The van der Waals surface area contributed by atoms with Crippen LogP contribution in [0.15, 0.2) is 182 Å². The molecule has 16 rings (SSSR count). The van der Waals surface area contributed by atoms with Crippen LogP contribution in [0.4, 0.5) is 62.6 Å². The lowest BCUT2D eigenvalue weighted by Crippen LogP contribution is -2.34. The molecule has 0 amide bonds. The molecule has 6 aliphatic rings. The molecule has 0 aliphatic heterocycles. The molecular formula is C114H145ClN4. The van der Waals surface area contributed by atoms with Crippen LogP contribution in [0.3, 0.4) is 0 Å². The van der Waals surface area contributed by atoms with E-state index in [0.29, 0.717) is 10.6 Å². The molecule has 0 fully saturated rings. The van der Waals surface area contributed by atoms with Crippen LogP contribution in [-0.2, 0) is 65.0 Å². The molecule has 0 unspecified atom stereocenters. The predicted octanol–water partition coefficient (Wildman–Crippen LogP) is 33.8. The Hall–Kier alpha value is -8.31. The van der Waals surface area contributed by atoms with Crippen molar-refractivity contribution in [2.45, 2.75) is 350 Å². The molecule has 4 nitrogen and oxygen atoms in total. The van der Waals surface area contributed by atoms with Gasteiger partial charge in [-0.1, -0.05) is 238 Å². The van der Waals surface area contributed by atoms with Gasteiger partial charge in [0.2, 0.25) is 0 Å². The minimum Gasteiger partial charge on any atom is -0.355 e. The van der Waals surface area contributed by atoms with E-state index in [2.05, 4.69) is 366 Å². The van der Waals surface area contributed by atoms with E-state index in [4.69, 9.17) is 19.8 Å². The van der Waals surface area contributed by atoms with Crippen molar-refractivity contribution in [3.05, 3.63) is 287 Å². The van der Waals surface area contributed by atoms with Crippen LogP contribution in [0.2, 0.25) is 5.02 Å². The van der Waals surface area contributed by atoms with E-state index in [0.717, 1.165) is 121 Å². The summed E-state index contributed by atoms with van der Waals surface area (Å²) in [7, 11) is 0. The van der Waals surface area contributed by atoms with Gasteiger partial charge in [0.25, 0.3) is 0 Å². The third kappa shape index (κ3) is 17.0. The summed E-state index contributed by atoms with van der Waals surface area (Å²) in [5, 5.41) is 4.05. The van der Waals surface area contributed by atoms with E-state index >= 15 is 0 Å². The number of benzene rings is 10. The molecule has 0 spiro atoms. The van der Waals surface area contributed by atoms with Crippen molar-refractivity contribution in [3.63, 3.8) is 0 Å². The molecule has 10 aromatic rings. The standard InChI is InChI=1S/C57H72N2.C35H44ClN.C22H29N/c1-37-17-16-18-40(29-37)59(51-36-50-47(32-39(51)3)54(8,9)27-28-57(50,14)15)44-31-38(2)30-43(33-44)58(41-19-21-45-48(34-41)55(10,11)25-23-52(45,4)5)42-20-22-46-49(35-42)56(12,13)26-24-53(46,6)7;1-23-18-24(36)20-27(19-23)37(25-10-12-28-30(21-25)34(6,7)16-14-32(28,2)3)26-11-13-29-31(22-26)35(8,9)17-15-33(29,4)5;1-15-8-7-9-17(12-15)23-20-14-19-18(13-16(20)2)21(3,4)10-11-22(19,5)6/h16-22,29-36H,23-28H2,1-15H3;10-13,18-22H,14-17H2,1-9H3;7-9,12-14,23H,10-11H2,1-6H3/i2D3;1D3;. The zero-order valence-electron chi connectivity index (χ0n) is 84.0. The van der Waals surface area contributed by atoms with Gasteiger partial charge in [0.1, 0.15) is 0 Å². The SMILES string of the molecule is Cc1cccc(Nc2cc3c(cc2C)C(C)(C)CCC3(C)C)c1.[2H]C([2H])([2H])c1cc(Cl)cc(N(c2ccc3c(c2)C(C)(C)CCC3(C)C)c2ccc3c(c2)C(C)(C)CCC3(C)C)c1.[2H]C([2H])([2H])c1cc(N(c2ccc3c(c2)C(C)(C)CCC3(C)C)c2ccc3c(c2)C(C)(C)CCC3(C)C)cc(N(c2cccc(C)c2)c2cc3c(cc2C)C(C)(C)CCC3(C)C)c1. The van der Waals surface area contributed by atoms with Crippen LogP contribution in [-0.4, -0.2) is 0 Å². The number of rotatable bonds is 11. The second-order valence-corrected chi connectivity index (χ2v) is 45.6. The minimum absolute atomic E-state index is 0.00232. The third-order valence-corrected chi connectivity index (χ3v) is 30.3. The number of nitrogens with one attached hydrogen (secondary N) is 1. The lowest BCUT2D eigenvalue weighted by Gasteiger charge is -2.43. The molecule has 10 aromatic carbocycles. The molecule has 0 radical (unpaired) electrons. The van der Waals surface area contributed by atoms with Gasteiger partial charge in [-0.2, -0.15) is 0 Å². The van der Waals surface area contributed by atoms with Gasteiger partial charge >= 0.3 is 0 Å². The zero-order valence-corrected chi connectivity index (χ0v) is 78.8. The topological polar surface area (TPSA) is 21.8 Å². The number of hydrogen-bond acceptors (Lipinski definition) is 4. The average Bonchev–Trinajstić information content (AvgIpc) is 0.736. The molecule has 0 saturated carbocycles. The Bertz CT molecular complexity index is 5650. The Labute approximate surface area is 734 Å². The fourth-order valence-corrected chi connectivity index (χ4v) is 21.4. The molecule has 0 aromatic heterocycles. The van der Waals surface area contributed by atoms with Gasteiger partial charge in [0.05, 0.1) is 0 Å². The molecule has 5 heteroatoms. The smallest absolute Gasteiger partial charge is 0.0493 e. The van der Waals surface area contributed by atoms with E-state index in [-0.39, 0.29) is 70.5 Å². The molecule has 119 heavy (non-hydrogen) atoms. The first kappa shape index (κ1) is 79.2. The molecular weight excluding hydrogens is 1460 g/mol. The van der Waals surface area contributed by atoms with Crippen molar-refractivity contribution in [1.82, 2.24) is 0 Å². The second-order valence-electron chi connectivity index (χ2n) is 45.2. The highest BCUT2D eigenvalue weighted by Gasteiger charge is 2.45. The summed E-state index contributed by atoms with van der Waals surface area (Å²) in [5.74, 6) is 0. The molecule has 0 heterocycles. The van der Waals surface area contributed by atoms with Crippen LogP contribution >= 0.6 is 11.6 Å². The van der Waals surface area contributed by atoms with Crippen molar-refractivity contribution in [3.8, 4) is 0 Å². The van der Waals surface area contributed by atoms with Gasteiger partial charge in [-0.15, -0.1) is 0 Å². The average molecular weight is 1610 g/mol. The van der Waals surface area contributed by atoms with E-state index in [1.165, 1.54) is 108 Å². The lowest BCUT2D eigenvalue weighted by atomic mass is 9.63. The zero-order chi connectivity index (χ0) is 91.5. The largest absolute Gasteiger partial charge is 0.355 e. The van der Waals surface area contributed by atoms with Gasteiger partial charge in [0.15, 0.2) is 0 Å². The highest BCUT2D eigenvalue weighted by molar-refractivity contribution is 6.31. The summed E-state index contributed by atoms with van der Waals surface area (Å²) in [5.41, 5.74) is 34.5. The van der Waals surface area contributed by atoms with Crippen LogP contribution < -0.4 is 20.0 Å². The fraction of sp³-hybridized carbons (Fsp3) is 0.474. The number of fused-ring (bicyclic) bond motifs is 6. The van der Waals surface area contributed by atoms with Crippen LogP contribution in [0, 0.1) is 41.4 Å². The molecule has 1 N–H and O–H groups in total. The van der Waals surface area contributed by atoms with Crippen molar-refractivity contribution >= 4 is 74.2 Å². The predicted molar refractivity (Wildman–Crippen MR) is 518 cm³/mol. The highest BCUT2D eigenvalue weighted by atomic mass is 35.5. The number of halogens is 1. The molecule has 0 saturated heterocycles. The van der Waals surface area contributed by atoms with Gasteiger partial charge in [-0.05, 0) is 405 Å². The van der Waals surface area contributed by atoms with Gasteiger partial charge in [-0.25, -0.2) is 0 Å². The Morgan fingerprint density at radius 3 is 0.874 bits per heavy atom. The van der Waals surface area contributed by atoms with Crippen molar-refractivity contribution < 1.29 is 8.22 Å². The highest BCUT2D eigenvalue weighted by Crippen LogP contribution is 2.57. The second kappa shape index (κ2) is 30.6. The van der Waals surface area contributed by atoms with E-state index in [1.54, 1.807) is 12.1 Å². The summed E-state index contributed by atoms with van der Waals surface area (Å²) >= 11 is 6.59. The molecule has 6 aliphatic carbocycles. The Morgan fingerprint density at radius 1 is 0.244 bits per heavy atom. The maximum Gasteiger partial charge on any atom is 0.0493 e. The summed E-state index contributed by atoms with van der Waals surface area (Å²) in [6.45, 7) is 60.9. The van der Waals surface area contributed by atoms with E-state index < -0.39 is 13.7 Å². The molecule has 628 valence electrons. The van der Waals surface area contributed by atoms with E-state index in [1.807, 2.05) is 18.2 Å². The number of anilines is 11. The summed E-state index contributed by atoms with van der Waals surface area (Å²) in [4.78, 5) is 6.89. The third-order valence-electron chi connectivity index (χ3n) is 30.1. The lowest BCUT2D eigenvalue weighted by molar-refractivity contribution is 0.332. The number of hydrogen-bond donors (Lipinski definition) is 1. The molecule has 0 bridgehead atoms. The Kier molecular flexibility index (Phi) is 20.4. The maximum atomic E-state index is 9.00. The van der Waals surface area contributed by atoms with Gasteiger partial charge < -0.3 is 20.0 Å². The number of aryl methyl sites for hydroxylation is 6. The van der Waals surface area contributed by atoms with Crippen LogP contribution in [0.25, 0.3) is 0 Å². The first-order valence-electron chi connectivity index (χ1n) is 47.8. The van der Waals surface area contributed by atoms with Gasteiger partial charge in [0, 0.05) is 75.8 Å². The number of nitrogens with zero attached hydrogens (tertiary/aromatic N) is 3. The monoisotopic (exact) mass is 1610 g/mol. The first-order valence-corrected chi connectivity index (χ1v) is 45.2. The maximum absolute atomic E-state index is 9.00. The first-order chi connectivity index (χ1) is 57.6. The van der Waals surface area contributed by atoms with Crippen LogP contribution in [0.5, 0.6) is 0 Å². The normalized spacial score (nSPS) is 20.9. The Balaban J connectivity index is 0.000000171. The summed E-state index contributed by atoms with van der Waals surface area (Å²) in [6, 6.07) is 66.0.